The summed E-state index contributed by atoms with van der Waals surface area (Å²) in [6.07, 6.45) is 0. The van der Waals surface area contributed by atoms with Gasteiger partial charge < -0.3 is 9.80 Å². The highest BCUT2D eigenvalue weighted by Gasteiger charge is 2.23. The predicted octanol–water partition coefficient (Wildman–Crippen LogP) is 3.47. The predicted molar refractivity (Wildman–Crippen MR) is 100 cm³/mol. The number of benzene rings is 2. The molecule has 0 unspecified atom stereocenters. The number of amides is 1. The van der Waals surface area contributed by atoms with E-state index in [0.717, 1.165) is 41.0 Å². The average molecular weight is 336 g/mol. The third kappa shape index (κ3) is 3.73. The Morgan fingerprint density at radius 2 is 1.52 bits per heavy atom. The Morgan fingerprint density at radius 3 is 2.12 bits per heavy atom. The quantitative estimate of drug-likeness (QED) is 0.806. The molecule has 1 aliphatic rings. The summed E-state index contributed by atoms with van der Waals surface area (Å²) in [5.74, 6) is 0.197. The normalized spacial score (nSPS) is 14.5. The van der Waals surface area contributed by atoms with E-state index in [9.17, 15) is 9.59 Å². The zero-order chi connectivity index (χ0) is 18.0. The number of hydrogen-bond acceptors (Lipinski definition) is 3. The molecule has 0 bridgehead atoms. The highest BCUT2D eigenvalue weighted by Crippen LogP contribution is 2.20. The van der Waals surface area contributed by atoms with Gasteiger partial charge in [-0.05, 0) is 56.7 Å². The van der Waals surface area contributed by atoms with Crippen LogP contribution in [0.1, 0.15) is 38.8 Å². The molecule has 0 atom stereocenters. The van der Waals surface area contributed by atoms with Gasteiger partial charge in [-0.3, -0.25) is 9.59 Å². The number of Topliss-reactive ketones (excluding diaryl/α,β-unsaturated/α-hetero) is 1. The van der Waals surface area contributed by atoms with Gasteiger partial charge in [0.2, 0.25) is 0 Å². The minimum atomic E-state index is 0.0792. The molecule has 1 amide bonds. The molecule has 0 N–H and O–H groups in total. The summed E-state index contributed by atoms with van der Waals surface area (Å²) in [6.45, 7) is 8.60. The highest BCUT2D eigenvalue weighted by atomic mass is 16.2. The van der Waals surface area contributed by atoms with Crippen molar-refractivity contribution in [3.63, 3.8) is 0 Å². The van der Waals surface area contributed by atoms with E-state index < -0.39 is 0 Å². The molecule has 4 heteroatoms. The maximum absolute atomic E-state index is 12.8. The monoisotopic (exact) mass is 336 g/mol. The first kappa shape index (κ1) is 17.2. The first-order chi connectivity index (χ1) is 12.0. The van der Waals surface area contributed by atoms with Crippen molar-refractivity contribution < 1.29 is 9.59 Å². The van der Waals surface area contributed by atoms with Crippen LogP contribution in [0.15, 0.2) is 42.5 Å². The van der Waals surface area contributed by atoms with Gasteiger partial charge in [-0.15, -0.1) is 0 Å². The molecule has 1 aliphatic heterocycles. The van der Waals surface area contributed by atoms with Gasteiger partial charge in [0, 0.05) is 43.0 Å². The molecule has 0 aromatic heterocycles. The van der Waals surface area contributed by atoms with Crippen molar-refractivity contribution in [1.29, 1.82) is 0 Å². The Morgan fingerprint density at radius 1 is 0.880 bits per heavy atom. The van der Waals surface area contributed by atoms with E-state index in [4.69, 9.17) is 0 Å². The van der Waals surface area contributed by atoms with Crippen LogP contribution in [-0.2, 0) is 0 Å². The summed E-state index contributed by atoms with van der Waals surface area (Å²) in [4.78, 5) is 28.4. The smallest absolute Gasteiger partial charge is 0.254 e. The Hall–Kier alpha value is -2.62. The first-order valence-corrected chi connectivity index (χ1v) is 8.68. The van der Waals surface area contributed by atoms with E-state index in [1.165, 1.54) is 0 Å². The number of anilines is 1. The summed E-state index contributed by atoms with van der Waals surface area (Å²) in [5.41, 5.74) is 4.77. The summed E-state index contributed by atoms with van der Waals surface area (Å²) in [5, 5.41) is 0. The van der Waals surface area contributed by atoms with Crippen LogP contribution in [-0.4, -0.2) is 42.8 Å². The molecule has 130 valence electrons. The van der Waals surface area contributed by atoms with Gasteiger partial charge in [-0.25, -0.2) is 0 Å². The van der Waals surface area contributed by atoms with Gasteiger partial charge in [-0.2, -0.15) is 0 Å². The summed E-state index contributed by atoms with van der Waals surface area (Å²) in [7, 11) is 0. The molecular weight excluding hydrogens is 312 g/mol. The van der Waals surface area contributed by atoms with E-state index in [1.54, 1.807) is 6.92 Å². The highest BCUT2D eigenvalue weighted by molar-refractivity contribution is 5.96. The molecule has 0 radical (unpaired) electrons. The number of carbonyl (C=O) groups excluding carboxylic acids is 2. The second-order valence-electron chi connectivity index (χ2n) is 6.70. The topological polar surface area (TPSA) is 40.6 Å². The lowest BCUT2D eigenvalue weighted by molar-refractivity contribution is 0.0745. The zero-order valence-electron chi connectivity index (χ0n) is 15.1. The third-order valence-corrected chi connectivity index (χ3v) is 4.83. The number of aryl methyl sites for hydroxylation is 2. The number of ketones is 1. The van der Waals surface area contributed by atoms with E-state index in [0.29, 0.717) is 13.1 Å². The molecule has 25 heavy (non-hydrogen) atoms. The molecule has 4 nitrogen and oxygen atoms in total. The molecular formula is C21H24N2O2. The molecule has 3 rings (SSSR count). The van der Waals surface area contributed by atoms with Crippen molar-refractivity contribution in [3.8, 4) is 0 Å². The lowest BCUT2D eigenvalue weighted by Crippen LogP contribution is -2.49. The van der Waals surface area contributed by atoms with Gasteiger partial charge >= 0.3 is 0 Å². The Bertz CT molecular complexity index is 788. The Labute approximate surface area is 149 Å². The molecule has 2 aromatic carbocycles. The standard InChI is InChI=1S/C21H24N2O2/c1-15-4-5-16(2)20(14-15)21(25)23-12-10-22(11-13-23)19-8-6-18(7-9-19)17(3)24/h4-9,14H,10-13H2,1-3H3. The summed E-state index contributed by atoms with van der Waals surface area (Å²) >= 11 is 0. The SMILES string of the molecule is CC(=O)c1ccc(N2CCN(C(=O)c3cc(C)ccc3C)CC2)cc1. The van der Waals surface area contributed by atoms with E-state index in [2.05, 4.69) is 4.90 Å². The number of rotatable bonds is 3. The number of nitrogens with zero attached hydrogens (tertiary/aromatic N) is 2. The fourth-order valence-corrected chi connectivity index (χ4v) is 3.21. The van der Waals surface area contributed by atoms with Crippen molar-refractivity contribution in [2.24, 2.45) is 0 Å². The van der Waals surface area contributed by atoms with Crippen LogP contribution >= 0.6 is 0 Å². The number of piperazine rings is 1. The third-order valence-electron chi connectivity index (χ3n) is 4.83. The van der Waals surface area contributed by atoms with Gasteiger partial charge in [-0.1, -0.05) is 17.7 Å². The minimum absolute atomic E-state index is 0.0792. The average Bonchev–Trinajstić information content (AvgIpc) is 2.63. The summed E-state index contributed by atoms with van der Waals surface area (Å²) in [6, 6.07) is 13.7. The van der Waals surface area contributed by atoms with E-state index in [-0.39, 0.29) is 11.7 Å². The lowest BCUT2D eigenvalue weighted by atomic mass is 10.0. The minimum Gasteiger partial charge on any atom is -0.368 e. The van der Waals surface area contributed by atoms with Crippen LogP contribution in [0.2, 0.25) is 0 Å². The summed E-state index contributed by atoms with van der Waals surface area (Å²) < 4.78 is 0. The molecule has 2 aromatic rings. The van der Waals surface area contributed by atoms with Crippen LogP contribution in [0.25, 0.3) is 0 Å². The van der Waals surface area contributed by atoms with E-state index >= 15 is 0 Å². The van der Waals surface area contributed by atoms with Crippen LogP contribution in [0.4, 0.5) is 5.69 Å². The molecule has 0 aliphatic carbocycles. The van der Waals surface area contributed by atoms with Gasteiger partial charge in [0.1, 0.15) is 0 Å². The van der Waals surface area contributed by atoms with Crippen LogP contribution in [0.5, 0.6) is 0 Å². The lowest BCUT2D eigenvalue weighted by Gasteiger charge is -2.36. The van der Waals surface area contributed by atoms with Gasteiger partial charge in [0.05, 0.1) is 0 Å². The second kappa shape index (κ2) is 7.09. The fourth-order valence-electron chi connectivity index (χ4n) is 3.21. The van der Waals surface area contributed by atoms with Crippen molar-refractivity contribution >= 4 is 17.4 Å². The Balaban J connectivity index is 1.66. The maximum Gasteiger partial charge on any atom is 0.254 e. The van der Waals surface area contributed by atoms with Crippen molar-refractivity contribution in [2.45, 2.75) is 20.8 Å². The number of hydrogen-bond donors (Lipinski definition) is 0. The van der Waals surface area contributed by atoms with E-state index in [1.807, 2.05) is 61.2 Å². The van der Waals surface area contributed by atoms with Gasteiger partial charge in [0.15, 0.2) is 5.78 Å². The van der Waals surface area contributed by atoms with Crippen molar-refractivity contribution in [1.82, 2.24) is 4.90 Å². The molecule has 1 fully saturated rings. The van der Waals surface area contributed by atoms with Crippen LogP contribution < -0.4 is 4.90 Å². The fraction of sp³-hybridized carbons (Fsp3) is 0.333. The zero-order valence-corrected chi connectivity index (χ0v) is 15.1. The number of carbonyl (C=O) groups is 2. The molecule has 0 saturated carbocycles. The van der Waals surface area contributed by atoms with Crippen LogP contribution in [0, 0.1) is 13.8 Å². The second-order valence-corrected chi connectivity index (χ2v) is 6.70. The molecule has 1 saturated heterocycles. The van der Waals surface area contributed by atoms with Crippen molar-refractivity contribution in [2.75, 3.05) is 31.1 Å². The first-order valence-electron chi connectivity index (χ1n) is 8.68. The van der Waals surface area contributed by atoms with Crippen molar-refractivity contribution in [3.05, 3.63) is 64.7 Å². The Kier molecular flexibility index (Phi) is 4.88. The largest absolute Gasteiger partial charge is 0.368 e. The van der Waals surface area contributed by atoms with Gasteiger partial charge in [0.25, 0.3) is 5.91 Å². The molecule has 1 heterocycles. The van der Waals surface area contributed by atoms with Crippen LogP contribution in [0.3, 0.4) is 0 Å². The molecule has 0 spiro atoms. The maximum atomic E-state index is 12.8.